The van der Waals surface area contributed by atoms with E-state index in [1.54, 1.807) is 11.8 Å². The fourth-order valence-corrected chi connectivity index (χ4v) is 2.96. The zero-order chi connectivity index (χ0) is 19.2. The van der Waals surface area contributed by atoms with Gasteiger partial charge in [-0.1, -0.05) is 30.3 Å². The summed E-state index contributed by atoms with van der Waals surface area (Å²) in [5.74, 6) is 0.145. The molecule has 8 heteroatoms. The third-order valence-electron chi connectivity index (χ3n) is 4.32. The number of H-pyrrole nitrogens is 1. The summed E-state index contributed by atoms with van der Waals surface area (Å²) in [7, 11) is 0. The number of nitrogens with one attached hydrogen (secondary N) is 2. The van der Waals surface area contributed by atoms with Crippen molar-refractivity contribution in [3.05, 3.63) is 51.9 Å². The molecular weight excluding hydrogens is 348 g/mol. The zero-order valence-electron chi connectivity index (χ0n) is 15.2. The van der Waals surface area contributed by atoms with Gasteiger partial charge in [0.05, 0.1) is 25.3 Å². The van der Waals surface area contributed by atoms with Crippen LogP contribution in [0.25, 0.3) is 11.4 Å². The van der Waals surface area contributed by atoms with Crippen LogP contribution in [-0.2, 0) is 22.5 Å². The van der Waals surface area contributed by atoms with Crippen LogP contribution >= 0.6 is 0 Å². The van der Waals surface area contributed by atoms with Gasteiger partial charge in [-0.25, -0.2) is 9.78 Å². The SMILES string of the molecule is CCOC(=O)CCNC(=O)N1CCc2c(nc(-c3ccccc3)[nH]c2=O)C1. The number of benzene rings is 1. The van der Waals surface area contributed by atoms with E-state index in [0.717, 1.165) is 5.56 Å². The highest BCUT2D eigenvalue weighted by atomic mass is 16.5. The van der Waals surface area contributed by atoms with E-state index in [2.05, 4.69) is 15.3 Å². The number of rotatable bonds is 5. The second-order valence-electron chi connectivity index (χ2n) is 6.16. The molecule has 0 spiro atoms. The highest BCUT2D eigenvalue weighted by Crippen LogP contribution is 2.18. The number of ether oxygens (including phenoxy) is 1. The fraction of sp³-hybridized carbons (Fsp3) is 0.368. The van der Waals surface area contributed by atoms with Gasteiger partial charge in [-0.2, -0.15) is 0 Å². The first-order valence-electron chi connectivity index (χ1n) is 8.94. The number of fused-ring (bicyclic) bond motifs is 1. The van der Waals surface area contributed by atoms with E-state index in [-0.39, 0.29) is 37.1 Å². The number of carbonyl (C=O) groups excluding carboxylic acids is 2. The smallest absolute Gasteiger partial charge is 0.317 e. The average Bonchev–Trinajstić information content (AvgIpc) is 2.68. The molecule has 1 aliphatic rings. The lowest BCUT2D eigenvalue weighted by atomic mass is 10.1. The van der Waals surface area contributed by atoms with E-state index in [1.807, 2.05) is 30.3 Å². The summed E-state index contributed by atoms with van der Waals surface area (Å²) in [6, 6.07) is 9.09. The van der Waals surface area contributed by atoms with Crippen LogP contribution < -0.4 is 10.9 Å². The molecule has 2 N–H and O–H groups in total. The van der Waals surface area contributed by atoms with Crippen LogP contribution in [0.15, 0.2) is 35.1 Å². The van der Waals surface area contributed by atoms with Crippen molar-refractivity contribution in [2.75, 3.05) is 19.7 Å². The molecule has 142 valence electrons. The number of amides is 2. The van der Waals surface area contributed by atoms with Crippen LogP contribution in [0.4, 0.5) is 4.79 Å². The minimum absolute atomic E-state index is 0.125. The third-order valence-corrected chi connectivity index (χ3v) is 4.32. The van der Waals surface area contributed by atoms with Gasteiger partial charge in [-0.3, -0.25) is 9.59 Å². The van der Waals surface area contributed by atoms with Gasteiger partial charge in [-0.05, 0) is 13.3 Å². The predicted molar refractivity (Wildman–Crippen MR) is 99.1 cm³/mol. The van der Waals surface area contributed by atoms with Crippen LogP contribution in [0.1, 0.15) is 24.6 Å². The van der Waals surface area contributed by atoms with Gasteiger partial charge in [0.1, 0.15) is 5.82 Å². The Morgan fingerprint density at radius 1 is 1.30 bits per heavy atom. The quantitative estimate of drug-likeness (QED) is 0.776. The number of nitrogens with zero attached hydrogens (tertiary/aromatic N) is 2. The first kappa shape index (κ1) is 18.6. The molecule has 1 aromatic carbocycles. The molecule has 0 unspecified atom stereocenters. The first-order valence-corrected chi connectivity index (χ1v) is 8.94. The lowest BCUT2D eigenvalue weighted by molar-refractivity contribution is -0.142. The van der Waals surface area contributed by atoms with Crippen LogP contribution in [0.2, 0.25) is 0 Å². The number of urea groups is 1. The summed E-state index contributed by atoms with van der Waals surface area (Å²) in [6.07, 6.45) is 0.568. The standard InChI is InChI=1S/C19H22N4O4/c1-2-27-16(24)8-10-20-19(26)23-11-9-14-15(12-23)21-17(22-18(14)25)13-6-4-3-5-7-13/h3-7H,2,8-12H2,1H3,(H,20,26)(H,21,22,25). The number of aromatic amines is 1. The van der Waals surface area contributed by atoms with Gasteiger partial charge in [0.25, 0.3) is 5.56 Å². The largest absolute Gasteiger partial charge is 0.466 e. The molecule has 0 fully saturated rings. The summed E-state index contributed by atoms with van der Waals surface area (Å²) in [4.78, 5) is 45.0. The minimum atomic E-state index is -0.345. The van der Waals surface area contributed by atoms with Gasteiger partial charge in [0, 0.05) is 24.2 Å². The lowest BCUT2D eigenvalue weighted by Crippen LogP contribution is -2.45. The molecule has 1 aliphatic heterocycles. The summed E-state index contributed by atoms with van der Waals surface area (Å²) in [5.41, 5.74) is 1.87. The normalized spacial score (nSPS) is 13.0. The van der Waals surface area contributed by atoms with Gasteiger partial charge in [-0.15, -0.1) is 0 Å². The Balaban J connectivity index is 1.68. The second-order valence-corrected chi connectivity index (χ2v) is 6.16. The predicted octanol–water partition coefficient (Wildman–Crippen LogP) is 1.46. The maximum absolute atomic E-state index is 12.4. The summed E-state index contributed by atoms with van der Waals surface area (Å²) >= 11 is 0. The highest BCUT2D eigenvalue weighted by Gasteiger charge is 2.24. The van der Waals surface area contributed by atoms with Crippen molar-refractivity contribution in [3.8, 4) is 11.4 Å². The lowest BCUT2D eigenvalue weighted by Gasteiger charge is -2.28. The molecule has 0 saturated heterocycles. The molecule has 2 heterocycles. The van der Waals surface area contributed by atoms with E-state index in [9.17, 15) is 14.4 Å². The number of esters is 1. The molecule has 8 nitrogen and oxygen atoms in total. The van der Waals surface area contributed by atoms with Gasteiger partial charge in [0.2, 0.25) is 0 Å². The Hall–Kier alpha value is -3.16. The zero-order valence-corrected chi connectivity index (χ0v) is 15.2. The van der Waals surface area contributed by atoms with E-state index in [1.165, 1.54) is 0 Å². The Morgan fingerprint density at radius 3 is 2.81 bits per heavy atom. The Kier molecular flexibility index (Phi) is 5.85. The van der Waals surface area contributed by atoms with E-state index < -0.39 is 0 Å². The van der Waals surface area contributed by atoms with E-state index in [4.69, 9.17) is 4.74 Å². The molecule has 3 rings (SSSR count). The molecule has 0 aliphatic carbocycles. The second kappa shape index (κ2) is 8.48. The van der Waals surface area contributed by atoms with Crippen molar-refractivity contribution < 1.29 is 14.3 Å². The maximum atomic E-state index is 12.4. The number of carbonyl (C=O) groups is 2. The molecular formula is C19H22N4O4. The van der Waals surface area contributed by atoms with E-state index >= 15 is 0 Å². The number of hydrogen-bond acceptors (Lipinski definition) is 5. The monoisotopic (exact) mass is 370 g/mol. The molecule has 27 heavy (non-hydrogen) atoms. The summed E-state index contributed by atoms with van der Waals surface area (Å²) in [5, 5.41) is 2.71. The minimum Gasteiger partial charge on any atom is -0.466 e. The third kappa shape index (κ3) is 4.52. The highest BCUT2D eigenvalue weighted by molar-refractivity contribution is 5.76. The topological polar surface area (TPSA) is 104 Å². The van der Waals surface area contributed by atoms with Crippen molar-refractivity contribution in [3.63, 3.8) is 0 Å². The van der Waals surface area contributed by atoms with Crippen molar-refractivity contribution in [1.29, 1.82) is 0 Å². The summed E-state index contributed by atoms with van der Waals surface area (Å²) < 4.78 is 4.83. The van der Waals surface area contributed by atoms with E-state index in [0.29, 0.717) is 36.7 Å². The maximum Gasteiger partial charge on any atom is 0.317 e. The van der Waals surface area contributed by atoms with Crippen LogP contribution in [0, 0.1) is 0 Å². The van der Waals surface area contributed by atoms with Gasteiger partial charge >= 0.3 is 12.0 Å². The molecule has 2 aromatic rings. The van der Waals surface area contributed by atoms with Crippen molar-refractivity contribution >= 4 is 12.0 Å². The Bertz CT molecular complexity index is 879. The van der Waals surface area contributed by atoms with Crippen LogP contribution in [0.5, 0.6) is 0 Å². The molecule has 1 aromatic heterocycles. The molecule has 0 saturated carbocycles. The Morgan fingerprint density at radius 2 is 2.07 bits per heavy atom. The molecule has 0 radical (unpaired) electrons. The van der Waals surface area contributed by atoms with Gasteiger partial charge in [0.15, 0.2) is 0 Å². The molecule has 2 amide bonds. The molecule has 0 bridgehead atoms. The van der Waals surface area contributed by atoms with Crippen molar-refractivity contribution in [1.82, 2.24) is 20.2 Å². The van der Waals surface area contributed by atoms with Gasteiger partial charge < -0.3 is 19.9 Å². The van der Waals surface area contributed by atoms with Crippen molar-refractivity contribution in [2.45, 2.75) is 26.3 Å². The van der Waals surface area contributed by atoms with Crippen LogP contribution in [0.3, 0.4) is 0 Å². The Labute approximate surface area is 156 Å². The number of hydrogen-bond donors (Lipinski definition) is 2. The van der Waals surface area contributed by atoms with Crippen LogP contribution in [-0.4, -0.2) is 46.6 Å². The van der Waals surface area contributed by atoms with Crippen molar-refractivity contribution in [2.24, 2.45) is 0 Å². The number of aromatic nitrogens is 2. The molecule has 0 atom stereocenters. The summed E-state index contributed by atoms with van der Waals surface area (Å²) in [6.45, 7) is 2.94. The average molecular weight is 370 g/mol. The first-order chi connectivity index (χ1) is 13.1. The fourth-order valence-electron chi connectivity index (χ4n) is 2.96.